The van der Waals surface area contributed by atoms with Crippen LogP contribution in [0.3, 0.4) is 0 Å². The second-order valence-corrected chi connectivity index (χ2v) is 8.87. The molecule has 0 amide bonds. The van der Waals surface area contributed by atoms with Gasteiger partial charge in [0.2, 0.25) is 0 Å². The molecule has 0 radical (unpaired) electrons. The number of fused-ring (bicyclic) bond motifs is 1. The van der Waals surface area contributed by atoms with Crippen LogP contribution in [0.2, 0.25) is 0 Å². The molecular formula is C27H26N2O7S. The van der Waals surface area contributed by atoms with E-state index < -0.39 is 18.0 Å². The van der Waals surface area contributed by atoms with Crippen molar-refractivity contribution in [2.75, 3.05) is 27.4 Å². The predicted molar refractivity (Wildman–Crippen MR) is 138 cm³/mol. The number of hydrogen-bond donors (Lipinski definition) is 0. The first-order valence-electron chi connectivity index (χ1n) is 11.6. The Kier molecular flexibility index (Phi) is 7.88. The Bertz CT molecular complexity index is 1530. The van der Waals surface area contributed by atoms with E-state index in [1.54, 1.807) is 48.5 Å². The molecule has 9 nitrogen and oxygen atoms in total. The Labute approximate surface area is 216 Å². The van der Waals surface area contributed by atoms with Crippen molar-refractivity contribution in [1.29, 1.82) is 0 Å². The quantitative estimate of drug-likeness (QED) is 0.419. The van der Waals surface area contributed by atoms with Crippen molar-refractivity contribution >= 4 is 29.4 Å². The molecule has 37 heavy (non-hydrogen) atoms. The summed E-state index contributed by atoms with van der Waals surface area (Å²) < 4.78 is 23.1. The number of ether oxygens (including phenoxy) is 4. The lowest BCUT2D eigenvalue weighted by atomic mass is 9.97. The highest BCUT2D eigenvalue weighted by molar-refractivity contribution is 7.07. The second kappa shape index (κ2) is 11.3. The van der Waals surface area contributed by atoms with E-state index in [9.17, 15) is 14.4 Å². The van der Waals surface area contributed by atoms with Crippen LogP contribution in [0.15, 0.2) is 64.0 Å². The molecule has 1 aromatic heterocycles. The van der Waals surface area contributed by atoms with Gasteiger partial charge in [0.1, 0.15) is 0 Å². The van der Waals surface area contributed by atoms with Gasteiger partial charge in [0.05, 0.1) is 49.1 Å². The molecule has 10 heteroatoms. The Morgan fingerprint density at radius 1 is 0.973 bits per heavy atom. The van der Waals surface area contributed by atoms with Gasteiger partial charge in [-0.05, 0) is 55.3 Å². The average molecular weight is 523 g/mol. The van der Waals surface area contributed by atoms with Crippen LogP contribution in [-0.2, 0) is 14.3 Å². The Balaban J connectivity index is 1.85. The number of nitrogens with zero attached hydrogens (tertiary/aromatic N) is 2. The summed E-state index contributed by atoms with van der Waals surface area (Å²) in [6.07, 6.45) is 3.15. The van der Waals surface area contributed by atoms with Crippen LogP contribution in [0, 0.1) is 0 Å². The monoisotopic (exact) mass is 522 g/mol. The average Bonchev–Trinajstić information content (AvgIpc) is 3.23. The van der Waals surface area contributed by atoms with Gasteiger partial charge in [0.25, 0.3) is 5.56 Å². The summed E-state index contributed by atoms with van der Waals surface area (Å²) in [4.78, 5) is 42.9. The Hall–Kier alpha value is -4.18. The third-order valence-electron chi connectivity index (χ3n) is 5.64. The lowest BCUT2D eigenvalue weighted by Gasteiger charge is -2.23. The van der Waals surface area contributed by atoms with E-state index in [4.69, 9.17) is 18.9 Å². The highest BCUT2D eigenvalue weighted by Gasteiger charge is 2.31. The van der Waals surface area contributed by atoms with Gasteiger partial charge in [-0.15, -0.1) is 0 Å². The first-order valence-corrected chi connectivity index (χ1v) is 12.4. The molecule has 0 unspecified atom stereocenters. The van der Waals surface area contributed by atoms with Crippen LogP contribution in [-0.4, -0.2) is 43.9 Å². The molecule has 0 saturated heterocycles. The largest absolute Gasteiger partial charge is 0.490 e. The highest BCUT2D eigenvalue weighted by atomic mass is 32.1. The molecule has 1 aliphatic heterocycles. The second-order valence-electron chi connectivity index (χ2n) is 7.86. The summed E-state index contributed by atoms with van der Waals surface area (Å²) in [5.74, 6) is 0.0479. The topological polar surface area (TPSA) is 105 Å². The normalized spacial score (nSPS) is 14.8. The van der Waals surface area contributed by atoms with Gasteiger partial charge in [-0.25, -0.2) is 14.6 Å². The highest BCUT2D eigenvalue weighted by Crippen LogP contribution is 2.35. The first-order chi connectivity index (χ1) is 17.9. The van der Waals surface area contributed by atoms with Crippen LogP contribution in [0.5, 0.6) is 11.5 Å². The van der Waals surface area contributed by atoms with E-state index in [1.807, 2.05) is 13.8 Å². The van der Waals surface area contributed by atoms with E-state index in [1.165, 1.54) is 36.3 Å². The number of thiazole rings is 1. The van der Waals surface area contributed by atoms with Gasteiger partial charge in [-0.3, -0.25) is 9.36 Å². The van der Waals surface area contributed by atoms with E-state index in [-0.39, 0.29) is 11.1 Å². The maximum absolute atomic E-state index is 13.6. The SMILES string of the molecule is CCOc1ccc([C@@H]2C(C(=O)OC)=CN=c3s/c(=C\c4ccc(C(=O)OC)cc4)c(=O)n32)cc1OCC. The molecule has 2 heterocycles. The van der Waals surface area contributed by atoms with Crippen LogP contribution in [0.4, 0.5) is 0 Å². The lowest BCUT2D eigenvalue weighted by molar-refractivity contribution is -0.136. The molecule has 1 atom stereocenters. The summed E-state index contributed by atoms with van der Waals surface area (Å²) in [6, 6.07) is 11.3. The molecule has 0 spiro atoms. The van der Waals surface area contributed by atoms with Crippen molar-refractivity contribution in [2.45, 2.75) is 19.9 Å². The van der Waals surface area contributed by atoms with Gasteiger partial charge < -0.3 is 18.9 Å². The number of esters is 2. The van der Waals surface area contributed by atoms with Gasteiger partial charge in [-0.2, -0.15) is 0 Å². The van der Waals surface area contributed by atoms with E-state index in [2.05, 4.69) is 4.99 Å². The minimum absolute atomic E-state index is 0.218. The van der Waals surface area contributed by atoms with E-state index >= 15 is 0 Å². The van der Waals surface area contributed by atoms with Gasteiger partial charge >= 0.3 is 11.9 Å². The molecule has 2 aromatic carbocycles. The maximum Gasteiger partial charge on any atom is 0.337 e. The number of aromatic nitrogens is 1. The molecule has 4 rings (SSSR count). The summed E-state index contributed by atoms with van der Waals surface area (Å²) in [5, 5.41) is 0. The summed E-state index contributed by atoms with van der Waals surface area (Å²) in [6.45, 7) is 4.62. The van der Waals surface area contributed by atoms with Crippen molar-refractivity contribution in [3.05, 3.63) is 90.6 Å². The molecule has 192 valence electrons. The number of benzene rings is 2. The van der Waals surface area contributed by atoms with Crippen molar-refractivity contribution in [2.24, 2.45) is 4.99 Å². The summed E-state index contributed by atoms with van der Waals surface area (Å²) in [5.41, 5.74) is 1.68. The Morgan fingerprint density at radius 2 is 1.65 bits per heavy atom. The molecule has 0 fully saturated rings. The van der Waals surface area contributed by atoms with Gasteiger partial charge in [0.15, 0.2) is 16.3 Å². The smallest absolute Gasteiger partial charge is 0.337 e. The third-order valence-corrected chi connectivity index (χ3v) is 6.63. The van der Waals surface area contributed by atoms with Crippen LogP contribution in [0.25, 0.3) is 6.08 Å². The van der Waals surface area contributed by atoms with Crippen LogP contribution < -0.4 is 24.4 Å². The van der Waals surface area contributed by atoms with Gasteiger partial charge in [0, 0.05) is 6.20 Å². The molecule has 1 aliphatic rings. The minimum atomic E-state index is -0.776. The Morgan fingerprint density at radius 3 is 2.30 bits per heavy atom. The van der Waals surface area contributed by atoms with E-state index in [0.717, 1.165) is 5.56 Å². The molecule has 0 bridgehead atoms. The molecule has 0 N–H and O–H groups in total. The fraction of sp³-hybridized carbons (Fsp3) is 0.259. The standard InChI is InChI=1S/C27H26N2O7S/c1-5-35-20-12-11-18(14-21(20)36-6-2)23-19(26(32)34-4)15-28-27-29(23)24(30)22(37-27)13-16-7-9-17(10-8-16)25(31)33-3/h7-15,23H,5-6H2,1-4H3/b22-13-/t23-/m1/s1. The van der Waals surface area contributed by atoms with Crippen molar-refractivity contribution in [3.63, 3.8) is 0 Å². The van der Waals surface area contributed by atoms with Crippen LogP contribution in [0.1, 0.15) is 41.4 Å². The maximum atomic E-state index is 13.6. The molecule has 3 aromatic rings. The van der Waals surface area contributed by atoms with Gasteiger partial charge in [-0.1, -0.05) is 29.5 Å². The fourth-order valence-corrected chi connectivity index (χ4v) is 4.94. The number of carbonyl (C=O) groups excluding carboxylic acids is 2. The summed E-state index contributed by atoms with van der Waals surface area (Å²) >= 11 is 1.20. The predicted octanol–water partition coefficient (Wildman–Crippen LogP) is 2.60. The van der Waals surface area contributed by atoms with Crippen molar-refractivity contribution < 1.29 is 28.5 Å². The summed E-state index contributed by atoms with van der Waals surface area (Å²) in [7, 11) is 2.60. The first kappa shape index (κ1) is 25.9. The third kappa shape index (κ3) is 5.19. The van der Waals surface area contributed by atoms with Crippen molar-refractivity contribution in [3.8, 4) is 11.5 Å². The zero-order chi connectivity index (χ0) is 26.5. The molecule has 0 aliphatic carbocycles. The number of rotatable bonds is 8. The zero-order valence-electron chi connectivity index (χ0n) is 20.8. The zero-order valence-corrected chi connectivity index (χ0v) is 21.7. The van der Waals surface area contributed by atoms with E-state index in [0.29, 0.717) is 45.2 Å². The van der Waals surface area contributed by atoms with Crippen molar-refractivity contribution in [1.82, 2.24) is 4.57 Å². The number of hydrogen-bond acceptors (Lipinski definition) is 9. The number of carbonyl (C=O) groups is 2. The fourth-order valence-electron chi connectivity index (χ4n) is 3.97. The number of methoxy groups -OCH3 is 2. The molecular weight excluding hydrogens is 496 g/mol. The molecule has 0 saturated carbocycles. The van der Waals surface area contributed by atoms with Crippen LogP contribution >= 0.6 is 11.3 Å². The minimum Gasteiger partial charge on any atom is -0.490 e. The lowest BCUT2D eigenvalue weighted by Crippen LogP contribution is -2.39.